The van der Waals surface area contributed by atoms with E-state index >= 15 is 0 Å². The maximum Gasteiger partial charge on any atom is 0.408 e. The first-order valence-corrected chi connectivity index (χ1v) is 14.2. The molecule has 8 heteroatoms. The summed E-state index contributed by atoms with van der Waals surface area (Å²) in [7, 11) is 0. The summed E-state index contributed by atoms with van der Waals surface area (Å²) in [6, 6.07) is 18.5. The Morgan fingerprint density at radius 1 is 0.857 bits per heavy atom. The van der Waals surface area contributed by atoms with Crippen molar-refractivity contribution in [3.63, 3.8) is 0 Å². The molecule has 0 radical (unpaired) electrons. The number of alkyl carbamates (subject to hydrolysis) is 1. The molecule has 42 heavy (non-hydrogen) atoms. The molecule has 3 aromatic rings. The van der Waals surface area contributed by atoms with Gasteiger partial charge in [-0.1, -0.05) is 66.7 Å². The van der Waals surface area contributed by atoms with Crippen LogP contribution in [0.15, 0.2) is 66.7 Å². The molecule has 2 unspecified atom stereocenters. The van der Waals surface area contributed by atoms with Gasteiger partial charge < -0.3 is 25.4 Å². The number of ether oxygens (including phenoxy) is 1. The highest BCUT2D eigenvalue weighted by Gasteiger charge is 2.36. The van der Waals surface area contributed by atoms with Crippen molar-refractivity contribution in [2.45, 2.75) is 72.6 Å². The summed E-state index contributed by atoms with van der Waals surface area (Å²) >= 11 is 0. The van der Waals surface area contributed by atoms with Crippen molar-refractivity contribution in [1.82, 2.24) is 10.2 Å². The second-order valence-corrected chi connectivity index (χ2v) is 11.6. The molecule has 3 rings (SSSR count). The minimum atomic E-state index is -1.08. The molecule has 8 nitrogen and oxygen atoms in total. The summed E-state index contributed by atoms with van der Waals surface area (Å²) in [6.45, 7) is 12.5. The Kier molecular flexibility index (Phi) is 10.9. The molecule has 0 fully saturated rings. The number of nitrogens with one attached hydrogen (secondary N) is 2. The highest BCUT2D eigenvalue weighted by Crippen LogP contribution is 2.28. The van der Waals surface area contributed by atoms with E-state index in [-0.39, 0.29) is 19.6 Å². The first-order valence-electron chi connectivity index (χ1n) is 14.2. The van der Waals surface area contributed by atoms with Crippen LogP contribution in [0, 0.1) is 27.7 Å². The van der Waals surface area contributed by atoms with Gasteiger partial charge in [0.2, 0.25) is 5.91 Å². The third kappa shape index (κ3) is 8.66. The number of aryl methyl sites for hydroxylation is 4. The van der Waals surface area contributed by atoms with Crippen LogP contribution in [0.3, 0.4) is 0 Å². The summed E-state index contributed by atoms with van der Waals surface area (Å²) < 4.78 is 5.47. The van der Waals surface area contributed by atoms with E-state index < -0.39 is 35.6 Å². The molecular formula is C34H43N3O5. The number of carbonyl (C=O) groups excluding carboxylic acids is 3. The van der Waals surface area contributed by atoms with Gasteiger partial charge in [-0.2, -0.15) is 0 Å². The minimum Gasteiger partial charge on any atom is -0.444 e. The average molecular weight is 574 g/mol. The summed E-state index contributed by atoms with van der Waals surface area (Å²) in [5.41, 5.74) is 5.08. The van der Waals surface area contributed by atoms with Gasteiger partial charge in [0.25, 0.3) is 5.91 Å². The molecule has 0 aliphatic heterocycles. The summed E-state index contributed by atoms with van der Waals surface area (Å²) in [6.07, 6.45) is -0.581. The molecule has 0 bridgehead atoms. The molecule has 0 aliphatic rings. The lowest BCUT2D eigenvalue weighted by Gasteiger charge is -2.34. The number of amides is 3. The Morgan fingerprint density at radius 2 is 1.50 bits per heavy atom. The predicted octanol–water partition coefficient (Wildman–Crippen LogP) is 5.56. The van der Waals surface area contributed by atoms with E-state index in [1.807, 2.05) is 94.4 Å². The van der Waals surface area contributed by atoms with Crippen LogP contribution < -0.4 is 10.6 Å². The zero-order valence-electron chi connectivity index (χ0n) is 25.7. The number of benzene rings is 3. The lowest BCUT2D eigenvalue weighted by atomic mass is 9.97. The van der Waals surface area contributed by atoms with Crippen molar-refractivity contribution in [2.24, 2.45) is 0 Å². The number of hydrogen-bond acceptors (Lipinski definition) is 5. The normalized spacial score (nSPS) is 12.7. The average Bonchev–Trinajstić information content (AvgIpc) is 2.91. The van der Waals surface area contributed by atoms with Gasteiger partial charge in [0, 0.05) is 18.7 Å². The zero-order chi connectivity index (χ0) is 31.0. The van der Waals surface area contributed by atoms with Gasteiger partial charge in [-0.25, -0.2) is 4.79 Å². The van der Waals surface area contributed by atoms with Crippen molar-refractivity contribution in [3.8, 4) is 0 Å². The standard InChI is InChI=1S/C34H43N3O5/c1-22-16-17-27(20-25(22)4)30(31(39)36-29-23(2)12-11-13-24(29)3)37(18-19-38)32(40)28(21-26-14-9-8-10-15-26)35-33(41)42-34(5,6)7/h8-17,20,28,30,38H,18-19,21H2,1-7H3,(H,35,41)(H,36,39). The Bertz CT molecular complexity index is 1380. The van der Waals surface area contributed by atoms with Gasteiger partial charge in [0.05, 0.1) is 6.61 Å². The van der Waals surface area contributed by atoms with E-state index in [1.54, 1.807) is 20.8 Å². The third-order valence-electron chi connectivity index (χ3n) is 7.03. The van der Waals surface area contributed by atoms with Crippen LogP contribution >= 0.6 is 0 Å². The van der Waals surface area contributed by atoms with Gasteiger partial charge in [0.1, 0.15) is 17.7 Å². The molecule has 0 aliphatic carbocycles. The van der Waals surface area contributed by atoms with Crippen LogP contribution in [0.2, 0.25) is 0 Å². The van der Waals surface area contributed by atoms with Crippen LogP contribution in [0.1, 0.15) is 60.2 Å². The molecule has 0 saturated carbocycles. The number of anilines is 1. The van der Waals surface area contributed by atoms with Crippen LogP contribution in [0.5, 0.6) is 0 Å². The molecule has 0 saturated heterocycles. The smallest absolute Gasteiger partial charge is 0.408 e. The van der Waals surface area contributed by atoms with Crippen molar-refractivity contribution in [3.05, 3.63) is 100 Å². The number of aliphatic hydroxyl groups excluding tert-OH is 1. The highest BCUT2D eigenvalue weighted by molar-refractivity contribution is 6.00. The Morgan fingerprint density at radius 3 is 2.07 bits per heavy atom. The lowest BCUT2D eigenvalue weighted by molar-refractivity contribution is -0.141. The molecule has 3 amide bonds. The van der Waals surface area contributed by atoms with Crippen molar-refractivity contribution in [1.29, 1.82) is 0 Å². The summed E-state index contributed by atoms with van der Waals surface area (Å²) in [4.78, 5) is 42.7. The number of hydrogen-bond donors (Lipinski definition) is 3. The molecule has 0 spiro atoms. The molecule has 0 heterocycles. The maximum atomic E-state index is 14.4. The summed E-state index contributed by atoms with van der Waals surface area (Å²) in [5, 5.41) is 15.9. The van der Waals surface area contributed by atoms with E-state index in [0.717, 1.165) is 27.8 Å². The molecular weight excluding hydrogens is 530 g/mol. The fourth-order valence-corrected chi connectivity index (χ4v) is 4.78. The quantitative estimate of drug-likeness (QED) is 0.295. The Balaban J connectivity index is 2.09. The van der Waals surface area contributed by atoms with Gasteiger partial charge in [-0.05, 0) is 81.8 Å². The second kappa shape index (κ2) is 14.1. The molecule has 224 valence electrons. The van der Waals surface area contributed by atoms with Gasteiger partial charge in [-0.3, -0.25) is 9.59 Å². The van der Waals surface area contributed by atoms with Gasteiger partial charge in [-0.15, -0.1) is 0 Å². The van der Waals surface area contributed by atoms with Gasteiger partial charge in [0.15, 0.2) is 0 Å². The first-order chi connectivity index (χ1) is 19.8. The first kappa shape index (κ1) is 32.3. The maximum absolute atomic E-state index is 14.4. The third-order valence-corrected chi connectivity index (χ3v) is 7.03. The van der Waals surface area contributed by atoms with Crippen molar-refractivity contribution < 1.29 is 24.2 Å². The minimum absolute atomic E-state index is 0.127. The fraction of sp³-hybridized carbons (Fsp3) is 0.382. The van der Waals surface area contributed by atoms with Crippen LogP contribution in [-0.2, 0) is 20.7 Å². The van der Waals surface area contributed by atoms with E-state index in [2.05, 4.69) is 10.6 Å². The predicted molar refractivity (Wildman–Crippen MR) is 165 cm³/mol. The zero-order valence-corrected chi connectivity index (χ0v) is 25.7. The van der Waals surface area contributed by atoms with Crippen LogP contribution in [0.25, 0.3) is 0 Å². The SMILES string of the molecule is Cc1ccc(C(C(=O)Nc2c(C)cccc2C)N(CCO)C(=O)C(Cc2ccccc2)NC(=O)OC(C)(C)C)cc1C. The van der Waals surface area contributed by atoms with E-state index in [4.69, 9.17) is 4.74 Å². The van der Waals surface area contributed by atoms with Crippen LogP contribution in [-0.4, -0.2) is 52.7 Å². The number of para-hydroxylation sites is 1. The number of rotatable bonds is 10. The lowest BCUT2D eigenvalue weighted by Crippen LogP contribution is -2.54. The fourth-order valence-electron chi connectivity index (χ4n) is 4.78. The Hall–Kier alpha value is -4.17. The highest BCUT2D eigenvalue weighted by atomic mass is 16.6. The molecule has 2 atom stereocenters. The summed E-state index contributed by atoms with van der Waals surface area (Å²) in [5.74, 6) is -0.938. The van der Waals surface area contributed by atoms with Crippen LogP contribution in [0.4, 0.5) is 10.5 Å². The second-order valence-electron chi connectivity index (χ2n) is 11.6. The van der Waals surface area contributed by atoms with E-state index in [1.165, 1.54) is 4.90 Å². The Labute approximate surface area is 249 Å². The topological polar surface area (TPSA) is 108 Å². The van der Waals surface area contributed by atoms with Crippen molar-refractivity contribution >= 4 is 23.6 Å². The molecule has 3 N–H and O–H groups in total. The number of carbonyl (C=O) groups is 3. The van der Waals surface area contributed by atoms with E-state index in [0.29, 0.717) is 11.3 Å². The largest absolute Gasteiger partial charge is 0.444 e. The monoisotopic (exact) mass is 573 g/mol. The number of aliphatic hydroxyl groups is 1. The molecule has 0 aromatic heterocycles. The van der Waals surface area contributed by atoms with E-state index in [9.17, 15) is 19.5 Å². The van der Waals surface area contributed by atoms with Crippen molar-refractivity contribution in [2.75, 3.05) is 18.5 Å². The molecule has 3 aromatic carbocycles. The van der Waals surface area contributed by atoms with Gasteiger partial charge >= 0.3 is 6.09 Å². The number of nitrogens with zero attached hydrogens (tertiary/aromatic N) is 1.